The number of rotatable bonds is 5. The quantitative estimate of drug-likeness (QED) is 0.800. The molecule has 0 spiro atoms. The lowest BCUT2D eigenvalue weighted by molar-refractivity contribution is -0.141. The Morgan fingerprint density at radius 1 is 1.24 bits per heavy atom. The zero-order chi connectivity index (χ0) is 18.6. The first kappa shape index (κ1) is 19.0. The van der Waals surface area contributed by atoms with Gasteiger partial charge in [-0.3, -0.25) is 14.4 Å². The molecule has 1 aromatic carbocycles. The van der Waals surface area contributed by atoms with Gasteiger partial charge in [0.05, 0.1) is 5.92 Å². The van der Waals surface area contributed by atoms with E-state index in [1.54, 1.807) is 4.90 Å². The fourth-order valence-corrected chi connectivity index (χ4v) is 2.87. The molecular weight excluding hydrogens is 320 g/mol. The van der Waals surface area contributed by atoms with E-state index < -0.39 is 17.3 Å². The molecule has 0 fully saturated rings. The van der Waals surface area contributed by atoms with Crippen LogP contribution in [0.15, 0.2) is 24.3 Å². The van der Waals surface area contributed by atoms with Crippen molar-refractivity contribution >= 4 is 17.8 Å². The maximum atomic E-state index is 12.4. The summed E-state index contributed by atoms with van der Waals surface area (Å²) in [6.45, 7) is 6.58. The number of benzene rings is 1. The van der Waals surface area contributed by atoms with Crippen LogP contribution < -0.4 is 5.32 Å². The number of nitrogens with one attached hydrogen (secondary N) is 1. The highest BCUT2D eigenvalue weighted by atomic mass is 16.4. The van der Waals surface area contributed by atoms with Crippen molar-refractivity contribution in [3.8, 4) is 0 Å². The molecule has 1 atom stereocenters. The van der Waals surface area contributed by atoms with Gasteiger partial charge in [0, 0.05) is 31.5 Å². The summed E-state index contributed by atoms with van der Waals surface area (Å²) in [7, 11) is 0. The molecule has 6 heteroatoms. The third kappa shape index (κ3) is 4.81. The van der Waals surface area contributed by atoms with Crippen molar-refractivity contribution in [2.24, 2.45) is 5.41 Å². The Bertz CT molecular complexity index is 664. The van der Waals surface area contributed by atoms with Crippen LogP contribution in [0.3, 0.4) is 0 Å². The third-order valence-corrected chi connectivity index (χ3v) is 4.38. The van der Waals surface area contributed by atoms with Gasteiger partial charge in [-0.1, -0.05) is 45.0 Å². The van der Waals surface area contributed by atoms with Crippen molar-refractivity contribution in [2.45, 2.75) is 46.1 Å². The maximum Gasteiger partial charge on any atom is 0.312 e. The summed E-state index contributed by atoms with van der Waals surface area (Å²) in [5.41, 5.74) is 1.22. The smallest absolute Gasteiger partial charge is 0.312 e. The Balaban J connectivity index is 1.90. The number of hydrogen-bond acceptors (Lipinski definition) is 3. The molecule has 136 valence electrons. The van der Waals surface area contributed by atoms with E-state index in [0.29, 0.717) is 25.9 Å². The number of carboxylic acids is 1. The minimum absolute atomic E-state index is 0.0437. The third-order valence-electron chi connectivity index (χ3n) is 4.38. The maximum absolute atomic E-state index is 12.4. The molecule has 6 nitrogen and oxygen atoms in total. The molecule has 1 unspecified atom stereocenters. The largest absolute Gasteiger partial charge is 0.481 e. The standard InChI is InChI=1S/C19H26N2O4/c1-19(2,3)18(25)20-10-6-9-16(22)21-11-13-7-4-5-8-14(13)15(12-21)17(23)24/h4-5,7-8,15H,6,9-12H2,1-3H3,(H,20,25)(H,23,24). The zero-order valence-electron chi connectivity index (χ0n) is 15.0. The molecule has 0 radical (unpaired) electrons. The van der Waals surface area contributed by atoms with Gasteiger partial charge in [0.15, 0.2) is 0 Å². The minimum atomic E-state index is -0.914. The van der Waals surface area contributed by atoms with Crippen LogP contribution in [0.5, 0.6) is 0 Å². The second-order valence-electron chi connectivity index (χ2n) is 7.47. The molecule has 2 amide bonds. The topological polar surface area (TPSA) is 86.7 Å². The van der Waals surface area contributed by atoms with Crippen LogP contribution in [0.2, 0.25) is 0 Å². The number of hydrogen-bond donors (Lipinski definition) is 2. The van der Waals surface area contributed by atoms with Gasteiger partial charge in [-0.2, -0.15) is 0 Å². The van der Waals surface area contributed by atoms with E-state index in [-0.39, 0.29) is 18.4 Å². The van der Waals surface area contributed by atoms with Gasteiger partial charge >= 0.3 is 5.97 Å². The van der Waals surface area contributed by atoms with Crippen molar-refractivity contribution in [1.29, 1.82) is 0 Å². The molecule has 1 aromatic rings. The van der Waals surface area contributed by atoms with Crippen molar-refractivity contribution < 1.29 is 19.5 Å². The van der Waals surface area contributed by atoms with Gasteiger partial charge in [-0.05, 0) is 17.5 Å². The van der Waals surface area contributed by atoms with Gasteiger partial charge in [0.2, 0.25) is 11.8 Å². The molecule has 25 heavy (non-hydrogen) atoms. The van der Waals surface area contributed by atoms with Crippen molar-refractivity contribution in [3.05, 3.63) is 35.4 Å². The lowest BCUT2D eigenvalue weighted by Gasteiger charge is -2.33. The first-order valence-corrected chi connectivity index (χ1v) is 8.57. The van der Waals surface area contributed by atoms with E-state index in [1.807, 2.05) is 45.0 Å². The highest BCUT2D eigenvalue weighted by molar-refractivity contribution is 5.82. The predicted molar refractivity (Wildman–Crippen MR) is 93.9 cm³/mol. The fourth-order valence-electron chi connectivity index (χ4n) is 2.87. The van der Waals surface area contributed by atoms with Gasteiger partial charge in [0.25, 0.3) is 0 Å². The fraction of sp³-hybridized carbons (Fsp3) is 0.526. The Labute approximate surface area is 148 Å². The Morgan fingerprint density at radius 2 is 1.92 bits per heavy atom. The SMILES string of the molecule is CC(C)(C)C(=O)NCCCC(=O)N1Cc2ccccc2C(C(=O)O)C1. The molecule has 0 bridgehead atoms. The molecule has 0 saturated carbocycles. The second kappa shape index (κ2) is 7.68. The number of carbonyl (C=O) groups excluding carboxylic acids is 2. The Kier molecular flexibility index (Phi) is 5.82. The lowest BCUT2D eigenvalue weighted by atomic mass is 9.89. The molecule has 1 aliphatic rings. The number of amides is 2. The van der Waals surface area contributed by atoms with E-state index in [2.05, 4.69) is 5.32 Å². The van der Waals surface area contributed by atoms with Crippen LogP contribution in [-0.4, -0.2) is 40.9 Å². The summed E-state index contributed by atoms with van der Waals surface area (Å²) in [6.07, 6.45) is 0.829. The van der Waals surface area contributed by atoms with Gasteiger partial charge in [-0.15, -0.1) is 0 Å². The van der Waals surface area contributed by atoms with Gasteiger partial charge in [0.1, 0.15) is 0 Å². The number of carboxylic acid groups (broad SMARTS) is 1. The average molecular weight is 346 g/mol. The number of nitrogens with zero attached hydrogens (tertiary/aromatic N) is 1. The van der Waals surface area contributed by atoms with Crippen molar-refractivity contribution in [2.75, 3.05) is 13.1 Å². The summed E-state index contributed by atoms with van der Waals surface area (Å²) in [5.74, 6) is -1.72. The van der Waals surface area contributed by atoms with Crippen LogP contribution in [0, 0.1) is 5.41 Å². The molecule has 0 aliphatic carbocycles. The zero-order valence-corrected chi connectivity index (χ0v) is 15.0. The molecule has 2 N–H and O–H groups in total. The summed E-state index contributed by atoms with van der Waals surface area (Å²) in [6, 6.07) is 7.37. The lowest BCUT2D eigenvalue weighted by Crippen LogP contribution is -2.41. The molecule has 2 rings (SSSR count). The molecule has 0 aromatic heterocycles. The normalized spacial score (nSPS) is 16.9. The van der Waals surface area contributed by atoms with Gasteiger partial charge in [-0.25, -0.2) is 0 Å². The number of aliphatic carboxylic acids is 1. The van der Waals surface area contributed by atoms with E-state index in [9.17, 15) is 19.5 Å². The van der Waals surface area contributed by atoms with Crippen LogP contribution >= 0.6 is 0 Å². The highest BCUT2D eigenvalue weighted by Gasteiger charge is 2.32. The highest BCUT2D eigenvalue weighted by Crippen LogP contribution is 2.28. The van der Waals surface area contributed by atoms with Crippen LogP contribution in [0.1, 0.15) is 50.7 Å². The van der Waals surface area contributed by atoms with E-state index in [0.717, 1.165) is 11.1 Å². The average Bonchev–Trinajstić information content (AvgIpc) is 2.56. The van der Waals surface area contributed by atoms with Crippen LogP contribution in [0.4, 0.5) is 0 Å². The minimum Gasteiger partial charge on any atom is -0.481 e. The first-order valence-electron chi connectivity index (χ1n) is 8.57. The van der Waals surface area contributed by atoms with Crippen molar-refractivity contribution in [1.82, 2.24) is 10.2 Å². The molecular formula is C19H26N2O4. The van der Waals surface area contributed by atoms with E-state index >= 15 is 0 Å². The molecule has 1 heterocycles. The second-order valence-corrected chi connectivity index (χ2v) is 7.47. The monoisotopic (exact) mass is 346 g/mol. The summed E-state index contributed by atoms with van der Waals surface area (Å²) >= 11 is 0. The summed E-state index contributed by atoms with van der Waals surface area (Å²) in [5, 5.41) is 12.3. The Hall–Kier alpha value is -2.37. The number of fused-ring (bicyclic) bond motifs is 1. The van der Waals surface area contributed by atoms with Gasteiger partial charge < -0.3 is 15.3 Å². The Morgan fingerprint density at radius 3 is 2.56 bits per heavy atom. The van der Waals surface area contributed by atoms with Crippen LogP contribution in [0.25, 0.3) is 0 Å². The van der Waals surface area contributed by atoms with E-state index in [4.69, 9.17) is 0 Å². The molecule has 0 saturated heterocycles. The predicted octanol–water partition coefficient (Wildman–Crippen LogP) is 2.14. The first-order chi connectivity index (χ1) is 11.7. The van der Waals surface area contributed by atoms with Crippen molar-refractivity contribution in [3.63, 3.8) is 0 Å². The van der Waals surface area contributed by atoms with Crippen LogP contribution in [-0.2, 0) is 20.9 Å². The summed E-state index contributed by atoms with van der Waals surface area (Å²) < 4.78 is 0. The molecule has 1 aliphatic heterocycles. The summed E-state index contributed by atoms with van der Waals surface area (Å²) in [4.78, 5) is 37.4. The number of carbonyl (C=O) groups is 3. The van der Waals surface area contributed by atoms with E-state index in [1.165, 1.54) is 0 Å².